The maximum atomic E-state index is 12.5. The van der Waals surface area contributed by atoms with Crippen LogP contribution in [0, 0.1) is 5.92 Å². The number of carbonyl (C=O) groups excluding carboxylic acids is 2. The number of nitrogens with zero attached hydrogens (tertiary/aromatic N) is 3. The van der Waals surface area contributed by atoms with Crippen LogP contribution in [0.2, 0.25) is 0 Å². The van der Waals surface area contributed by atoms with E-state index >= 15 is 0 Å². The number of imidazole rings is 1. The number of amides is 2. The number of likely N-dealkylation sites (tertiary alicyclic amines) is 1. The first-order chi connectivity index (χ1) is 11.6. The standard InChI is InChI=1S/C17H20N4O3/c1-20-9-8-18-16(20)15-13(10-14(22)21(15)2)17(23)19-24-11-12-6-4-3-5-7-12/h3-9,13,15H,10-11H2,1-2H3,(H,19,23)/t13-,15-/m0/s1. The number of hydrogen-bond acceptors (Lipinski definition) is 4. The SMILES string of the molecule is CN1C(=O)C[C@H](C(=O)NOCc2ccccc2)[C@H]1c1nccn1C. The molecule has 0 spiro atoms. The van der Waals surface area contributed by atoms with Crippen LogP contribution < -0.4 is 5.48 Å². The van der Waals surface area contributed by atoms with E-state index in [1.165, 1.54) is 0 Å². The van der Waals surface area contributed by atoms with Gasteiger partial charge in [-0.1, -0.05) is 30.3 Å². The normalized spacial score (nSPS) is 20.4. The molecule has 7 nitrogen and oxygen atoms in total. The highest BCUT2D eigenvalue weighted by atomic mass is 16.6. The number of benzene rings is 1. The van der Waals surface area contributed by atoms with Crippen LogP contribution in [0.15, 0.2) is 42.7 Å². The van der Waals surface area contributed by atoms with Crippen LogP contribution in [-0.4, -0.2) is 33.3 Å². The molecule has 1 aliphatic rings. The van der Waals surface area contributed by atoms with Crippen molar-refractivity contribution in [1.29, 1.82) is 0 Å². The van der Waals surface area contributed by atoms with Gasteiger partial charge in [0, 0.05) is 32.9 Å². The van der Waals surface area contributed by atoms with E-state index in [9.17, 15) is 9.59 Å². The number of hydrogen-bond donors (Lipinski definition) is 1. The van der Waals surface area contributed by atoms with Gasteiger partial charge in [-0.3, -0.25) is 14.4 Å². The second-order valence-electron chi connectivity index (χ2n) is 5.90. The molecule has 0 radical (unpaired) electrons. The smallest absolute Gasteiger partial charge is 0.249 e. The molecule has 0 bridgehead atoms. The minimum atomic E-state index is -0.528. The Hall–Kier alpha value is -2.67. The lowest BCUT2D eigenvalue weighted by atomic mass is 9.99. The highest BCUT2D eigenvalue weighted by molar-refractivity contribution is 5.89. The van der Waals surface area contributed by atoms with Crippen LogP contribution in [0.3, 0.4) is 0 Å². The quantitative estimate of drug-likeness (QED) is 0.837. The van der Waals surface area contributed by atoms with E-state index in [1.54, 1.807) is 24.3 Å². The minimum Gasteiger partial charge on any atom is -0.336 e. The molecular weight excluding hydrogens is 308 g/mol. The van der Waals surface area contributed by atoms with Crippen molar-refractivity contribution in [2.45, 2.75) is 19.1 Å². The van der Waals surface area contributed by atoms with Crippen molar-refractivity contribution in [1.82, 2.24) is 19.9 Å². The molecule has 2 amide bonds. The second-order valence-corrected chi connectivity index (χ2v) is 5.90. The maximum absolute atomic E-state index is 12.5. The van der Waals surface area contributed by atoms with E-state index in [1.807, 2.05) is 41.9 Å². The minimum absolute atomic E-state index is 0.0776. The van der Waals surface area contributed by atoms with Crippen molar-refractivity contribution < 1.29 is 14.4 Å². The Bertz CT molecular complexity index is 728. The number of hydroxylamine groups is 1. The molecular formula is C17H20N4O3. The van der Waals surface area contributed by atoms with Gasteiger partial charge in [-0.05, 0) is 5.56 Å². The molecule has 0 aliphatic carbocycles. The van der Waals surface area contributed by atoms with Gasteiger partial charge in [0.05, 0.1) is 12.5 Å². The molecule has 3 rings (SSSR count). The van der Waals surface area contributed by atoms with Crippen LogP contribution in [0.5, 0.6) is 0 Å². The van der Waals surface area contributed by atoms with E-state index < -0.39 is 12.0 Å². The van der Waals surface area contributed by atoms with Gasteiger partial charge in [-0.15, -0.1) is 0 Å². The van der Waals surface area contributed by atoms with Gasteiger partial charge in [0.25, 0.3) is 0 Å². The molecule has 1 aliphatic heterocycles. The molecule has 1 N–H and O–H groups in total. The number of nitrogens with one attached hydrogen (secondary N) is 1. The maximum Gasteiger partial charge on any atom is 0.249 e. The number of aromatic nitrogens is 2. The average molecular weight is 328 g/mol. The van der Waals surface area contributed by atoms with Crippen LogP contribution in [0.25, 0.3) is 0 Å². The van der Waals surface area contributed by atoms with Gasteiger partial charge in [-0.25, -0.2) is 10.5 Å². The third kappa shape index (κ3) is 3.16. The highest BCUT2D eigenvalue weighted by Gasteiger charge is 2.44. The average Bonchev–Trinajstić information content (AvgIpc) is 3.12. The molecule has 2 heterocycles. The van der Waals surface area contributed by atoms with Crippen molar-refractivity contribution in [2.75, 3.05) is 7.05 Å². The molecule has 2 atom stereocenters. The number of aryl methyl sites for hydroxylation is 1. The summed E-state index contributed by atoms with van der Waals surface area (Å²) in [6.07, 6.45) is 3.61. The Morgan fingerprint density at radius 3 is 2.75 bits per heavy atom. The highest BCUT2D eigenvalue weighted by Crippen LogP contribution is 2.36. The fourth-order valence-electron chi connectivity index (χ4n) is 2.96. The molecule has 7 heteroatoms. The lowest BCUT2D eigenvalue weighted by Crippen LogP contribution is -2.35. The van der Waals surface area contributed by atoms with E-state index in [-0.39, 0.29) is 24.8 Å². The first-order valence-electron chi connectivity index (χ1n) is 7.76. The van der Waals surface area contributed by atoms with E-state index in [4.69, 9.17) is 4.84 Å². The molecule has 1 aromatic carbocycles. The zero-order valence-electron chi connectivity index (χ0n) is 13.7. The monoisotopic (exact) mass is 328 g/mol. The summed E-state index contributed by atoms with van der Waals surface area (Å²) in [4.78, 5) is 35.7. The Kier molecular flexibility index (Phi) is 4.61. The Morgan fingerprint density at radius 2 is 2.08 bits per heavy atom. The third-order valence-corrected chi connectivity index (χ3v) is 4.30. The van der Waals surface area contributed by atoms with Crippen LogP contribution in [0.1, 0.15) is 23.9 Å². The Labute approximate surface area is 140 Å². The van der Waals surface area contributed by atoms with Crippen LogP contribution in [0.4, 0.5) is 0 Å². The van der Waals surface area contributed by atoms with Gasteiger partial charge < -0.3 is 9.47 Å². The Balaban J connectivity index is 1.66. The van der Waals surface area contributed by atoms with Crippen molar-refractivity contribution in [3.8, 4) is 0 Å². The summed E-state index contributed by atoms with van der Waals surface area (Å²) < 4.78 is 1.82. The third-order valence-electron chi connectivity index (χ3n) is 4.30. The fourth-order valence-corrected chi connectivity index (χ4v) is 2.96. The van der Waals surface area contributed by atoms with Crippen molar-refractivity contribution in [2.24, 2.45) is 13.0 Å². The van der Waals surface area contributed by atoms with Gasteiger partial charge in [0.1, 0.15) is 11.9 Å². The lowest BCUT2D eigenvalue weighted by molar-refractivity contribution is -0.139. The van der Waals surface area contributed by atoms with Gasteiger partial charge in [0.2, 0.25) is 11.8 Å². The van der Waals surface area contributed by atoms with E-state index in [0.29, 0.717) is 5.82 Å². The summed E-state index contributed by atoms with van der Waals surface area (Å²) >= 11 is 0. The molecule has 1 saturated heterocycles. The van der Waals surface area contributed by atoms with E-state index in [0.717, 1.165) is 5.56 Å². The zero-order chi connectivity index (χ0) is 17.1. The van der Waals surface area contributed by atoms with Gasteiger partial charge in [-0.2, -0.15) is 0 Å². The van der Waals surface area contributed by atoms with Crippen LogP contribution in [-0.2, 0) is 28.1 Å². The first kappa shape index (κ1) is 16.2. The molecule has 126 valence electrons. The fraction of sp³-hybridized carbons (Fsp3) is 0.353. The number of carbonyl (C=O) groups is 2. The largest absolute Gasteiger partial charge is 0.336 e. The van der Waals surface area contributed by atoms with Crippen molar-refractivity contribution in [3.05, 3.63) is 54.1 Å². The molecule has 0 saturated carbocycles. The number of rotatable bonds is 5. The molecule has 24 heavy (non-hydrogen) atoms. The summed E-state index contributed by atoms with van der Waals surface area (Å²) in [6.45, 7) is 0.274. The van der Waals surface area contributed by atoms with Gasteiger partial charge >= 0.3 is 0 Å². The molecule has 1 aromatic heterocycles. The zero-order valence-corrected chi connectivity index (χ0v) is 13.7. The summed E-state index contributed by atoms with van der Waals surface area (Å²) in [5.74, 6) is -0.228. The summed E-state index contributed by atoms with van der Waals surface area (Å²) in [5.41, 5.74) is 3.43. The molecule has 1 fully saturated rings. The van der Waals surface area contributed by atoms with E-state index in [2.05, 4.69) is 10.5 Å². The summed E-state index contributed by atoms with van der Waals surface area (Å²) in [7, 11) is 3.54. The predicted molar refractivity (Wildman–Crippen MR) is 86.2 cm³/mol. The Morgan fingerprint density at radius 1 is 1.33 bits per heavy atom. The van der Waals surface area contributed by atoms with Crippen molar-refractivity contribution >= 4 is 11.8 Å². The predicted octanol–water partition coefficient (Wildman–Crippen LogP) is 1.19. The topological polar surface area (TPSA) is 76.5 Å². The molecule has 0 unspecified atom stereocenters. The second kappa shape index (κ2) is 6.84. The van der Waals surface area contributed by atoms with Crippen molar-refractivity contribution in [3.63, 3.8) is 0 Å². The summed E-state index contributed by atoms with van der Waals surface area (Å²) in [6, 6.07) is 9.16. The first-order valence-corrected chi connectivity index (χ1v) is 7.76. The molecule has 2 aromatic rings. The van der Waals surface area contributed by atoms with Crippen LogP contribution >= 0.6 is 0 Å². The summed E-state index contributed by atoms with van der Waals surface area (Å²) in [5, 5.41) is 0. The van der Waals surface area contributed by atoms with Gasteiger partial charge in [0.15, 0.2) is 0 Å². The lowest BCUT2D eigenvalue weighted by Gasteiger charge is -2.23.